The smallest absolute Gasteiger partial charge is 0.244 e. The van der Waals surface area contributed by atoms with E-state index in [0.29, 0.717) is 17.6 Å². The van der Waals surface area contributed by atoms with E-state index in [1.807, 2.05) is 25.1 Å². The lowest BCUT2D eigenvalue weighted by molar-refractivity contribution is 0.312. The van der Waals surface area contributed by atoms with Gasteiger partial charge in [0.25, 0.3) is 0 Å². The second-order valence-corrected chi connectivity index (χ2v) is 5.69. The van der Waals surface area contributed by atoms with Crippen LogP contribution in [-0.4, -0.2) is 10.1 Å². The second kappa shape index (κ2) is 5.84. The van der Waals surface area contributed by atoms with Gasteiger partial charge in [-0.05, 0) is 24.5 Å². The molecule has 2 aromatic rings. The molecule has 19 heavy (non-hydrogen) atoms. The van der Waals surface area contributed by atoms with E-state index >= 15 is 0 Å². The standard InChI is InChI=1S/C14H18BrN3O/c1-4-8(2)12(16)14-17-13(18-19-14)10-6-5-9(3)11(15)7-10/h5-8,12H,4,16H2,1-3H3. The fourth-order valence-corrected chi connectivity index (χ4v) is 2.10. The van der Waals surface area contributed by atoms with Crippen molar-refractivity contribution in [2.75, 3.05) is 0 Å². The quantitative estimate of drug-likeness (QED) is 0.927. The van der Waals surface area contributed by atoms with Crippen LogP contribution in [0, 0.1) is 12.8 Å². The molecule has 1 aromatic heterocycles. The molecular weight excluding hydrogens is 306 g/mol. The summed E-state index contributed by atoms with van der Waals surface area (Å²) in [6, 6.07) is 5.77. The lowest BCUT2D eigenvalue weighted by Gasteiger charge is -2.12. The predicted molar refractivity (Wildman–Crippen MR) is 78.6 cm³/mol. The van der Waals surface area contributed by atoms with Gasteiger partial charge in [0, 0.05) is 10.0 Å². The van der Waals surface area contributed by atoms with Gasteiger partial charge >= 0.3 is 0 Å². The lowest BCUT2D eigenvalue weighted by atomic mass is 10.0. The zero-order valence-corrected chi connectivity index (χ0v) is 12.9. The highest BCUT2D eigenvalue weighted by atomic mass is 79.9. The molecule has 0 saturated heterocycles. The number of hydrogen-bond donors (Lipinski definition) is 1. The van der Waals surface area contributed by atoms with Gasteiger partial charge in [0.2, 0.25) is 11.7 Å². The Morgan fingerprint density at radius 3 is 2.79 bits per heavy atom. The molecule has 0 radical (unpaired) electrons. The molecule has 102 valence electrons. The van der Waals surface area contributed by atoms with Crippen LogP contribution in [0.25, 0.3) is 11.4 Å². The van der Waals surface area contributed by atoms with Crippen LogP contribution in [0.15, 0.2) is 27.2 Å². The minimum absolute atomic E-state index is 0.208. The van der Waals surface area contributed by atoms with E-state index in [4.69, 9.17) is 10.3 Å². The second-order valence-electron chi connectivity index (χ2n) is 4.83. The third-order valence-electron chi connectivity index (χ3n) is 3.41. The highest BCUT2D eigenvalue weighted by Crippen LogP contribution is 2.26. The number of nitrogens with two attached hydrogens (primary N) is 1. The van der Waals surface area contributed by atoms with E-state index in [-0.39, 0.29) is 6.04 Å². The molecule has 0 saturated carbocycles. The van der Waals surface area contributed by atoms with Gasteiger partial charge in [-0.2, -0.15) is 4.98 Å². The van der Waals surface area contributed by atoms with Gasteiger partial charge in [-0.25, -0.2) is 0 Å². The van der Waals surface area contributed by atoms with Crippen LogP contribution < -0.4 is 5.73 Å². The Kier molecular flexibility index (Phi) is 4.37. The third-order valence-corrected chi connectivity index (χ3v) is 4.27. The average Bonchev–Trinajstić information content (AvgIpc) is 2.89. The van der Waals surface area contributed by atoms with Crippen molar-refractivity contribution in [1.82, 2.24) is 10.1 Å². The van der Waals surface area contributed by atoms with E-state index in [1.54, 1.807) is 0 Å². The predicted octanol–water partition coefficient (Wildman–Crippen LogP) is 3.85. The van der Waals surface area contributed by atoms with Crippen LogP contribution in [0.3, 0.4) is 0 Å². The van der Waals surface area contributed by atoms with Gasteiger partial charge in [0.05, 0.1) is 6.04 Å². The van der Waals surface area contributed by atoms with Crippen LogP contribution in [0.5, 0.6) is 0 Å². The summed E-state index contributed by atoms with van der Waals surface area (Å²) >= 11 is 3.50. The van der Waals surface area contributed by atoms with E-state index in [9.17, 15) is 0 Å². The number of aryl methyl sites for hydroxylation is 1. The normalized spacial score (nSPS) is 14.4. The van der Waals surface area contributed by atoms with Crippen molar-refractivity contribution in [3.05, 3.63) is 34.1 Å². The number of halogens is 1. The lowest BCUT2D eigenvalue weighted by Crippen LogP contribution is -2.18. The Bertz CT molecular complexity index is 568. The first-order chi connectivity index (χ1) is 9.02. The molecule has 0 amide bonds. The van der Waals surface area contributed by atoms with Gasteiger partial charge in [0.15, 0.2) is 0 Å². The summed E-state index contributed by atoms with van der Waals surface area (Å²) in [6.07, 6.45) is 0.981. The fourth-order valence-electron chi connectivity index (χ4n) is 1.72. The van der Waals surface area contributed by atoms with Crippen molar-refractivity contribution in [2.24, 2.45) is 11.7 Å². The van der Waals surface area contributed by atoms with Crippen LogP contribution >= 0.6 is 15.9 Å². The van der Waals surface area contributed by atoms with Gasteiger partial charge in [0.1, 0.15) is 0 Å². The summed E-state index contributed by atoms with van der Waals surface area (Å²) in [7, 11) is 0. The molecule has 1 aromatic carbocycles. The van der Waals surface area contributed by atoms with Crippen LogP contribution in [0.2, 0.25) is 0 Å². The fraction of sp³-hybridized carbons (Fsp3) is 0.429. The van der Waals surface area contributed by atoms with Crippen molar-refractivity contribution in [1.29, 1.82) is 0 Å². The van der Waals surface area contributed by atoms with Crippen molar-refractivity contribution in [3.63, 3.8) is 0 Å². The Morgan fingerprint density at radius 2 is 2.16 bits per heavy atom. The largest absolute Gasteiger partial charge is 0.337 e. The molecule has 2 unspecified atom stereocenters. The van der Waals surface area contributed by atoms with E-state index in [2.05, 4.69) is 39.9 Å². The van der Waals surface area contributed by atoms with Crippen molar-refractivity contribution < 1.29 is 4.52 Å². The van der Waals surface area contributed by atoms with Crippen LogP contribution in [-0.2, 0) is 0 Å². The van der Waals surface area contributed by atoms with Crippen LogP contribution in [0.4, 0.5) is 0 Å². The minimum atomic E-state index is -0.208. The summed E-state index contributed by atoms with van der Waals surface area (Å²) in [4.78, 5) is 4.40. The molecule has 0 aliphatic heterocycles. The zero-order chi connectivity index (χ0) is 14.0. The molecule has 2 atom stereocenters. The highest BCUT2D eigenvalue weighted by molar-refractivity contribution is 9.10. The Balaban J connectivity index is 2.27. The molecule has 4 nitrogen and oxygen atoms in total. The number of hydrogen-bond acceptors (Lipinski definition) is 4. The van der Waals surface area contributed by atoms with Crippen LogP contribution in [0.1, 0.15) is 37.8 Å². The molecule has 1 heterocycles. The van der Waals surface area contributed by atoms with E-state index in [0.717, 1.165) is 16.5 Å². The highest BCUT2D eigenvalue weighted by Gasteiger charge is 2.20. The van der Waals surface area contributed by atoms with Crippen molar-refractivity contribution in [2.45, 2.75) is 33.2 Å². The maximum absolute atomic E-state index is 6.09. The Hall–Kier alpha value is -1.20. The number of benzene rings is 1. The van der Waals surface area contributed by atoms with Gasteiger partial charge < -0.3 is 10.3 Å². The summed E-state index contributed by atoms with van der Waals surface area (Å²) in [5, 5.41) is 4.01. The van der Waals surface area contributed by atoms with E-state index < -0.39 is 0 Å². The summed E-state index contributed by atoms with van der Waals surface area (Å²) in [5.74, 6) is 1.40. The monoisotopic (exact) mass is 323 g/mol. The van der Waals surface area contributed by atoms with E-state index in [1.165, 1.54) is 5.56 Å². The molecular formula is C14H18BrN3O. The molecule has 0 bridgehead atoms. The molecule has 2 N–H and O–H groups in total. The SMILES string of the molecule is CCC(C)C(N)c1nc(-c2ccc(C)c(Br)c2)no1. The maximum Gasteiger partial charge on any atom is 0.244 e. The van der Waals surface area contributed by atoms with Gasteiger partial charge in [-0.1, -0.05) is 53.5 Å². The van der Waals surface area contributed by atoms with Crippen molar-refractivity contribution >= 4 is 15.9 Å². The molecule has 5 heteroatoms. The van der Waals surface area contributed by atoms with Crippen molar-refractivity contribution in [3.8, 4) is 11.4 Å². The maximum atomic E-state index is 6.09. The summed E-state index contributed by atoms with van der Waals surface area (Å²) < 4.78 is 6.30. The zero-order valence-electron chi connectivity index (χ0n) is 11.4. The first kappa shape index (κ1) is 14.2. The average molecular weight is 324 g/mol. The Morgan fingerprint density at radius 1 is 1.42 bits per heavy atom. The first-order valence-electron chi connectivity index (χ1n) is 6.38. The third kappa shape index (κ3) is 3.04. The van der Waals surface area contributed by atoms with Gasteiger partial charge in [-0.15, -0.1) is 0 Å². The topological polar surface area (TPSA) is 64.9 Å². The summed E-state index contributed by atoms with van der Waals surface area (Å²) in [6.45, 7) is 6.21. The minimum Gasteiger partial charge on any atom is -0.337 e. The molecule has 0 fully saturated rings. The molecule has 2 rings (SSSR count). The Labute approximate surface area is 121 Å². The number of aromatic nitrogens is 2. The molecule has 0 aliphatic rings. The first-order valence-corrected chi connectivity index (χ1v) is 7.18. The summed E-state index contributed by atoms with van der Waals surface area (Å²) in [5.41, 5.74) is 8.18. The molecule has 0 aliphatic carbocycles. The number of nitrogens with zero attached hydrogens (tertiary/aromatic N) is 2. The van der Waals surface area contributed by atoms with Gasteiger partial charge in [-0.3, -0.25) is 0 Å². The molecule has 0 spiro atoms. The number of rotatable bonds is 4.